The Labute approximate surface area is 111 Å². The van der Waals surface area contributed by atoms with E-state index in [0.717, 1.165) is 5.92 Å². The predicted octanol–water partition coefficient (Wildman–Crippen LogP) is 3.69. The minimum atomic E-state index is 0.513. The first-order valence-electron chi connectivity index (χ1n) is 7.21. The molecule has 0 spiro atoms. The number of hydrogen-bond donors (Lipinski definition) is 1. The Morgan fingerprint density at radius 3 is 2.24 bits per heavy atom. The Kier molecular flexibility index (Phi) is 2.83. The third kappa shape index (κ3) is 2.16. The van der Waals surface area contributed by atoms with Crippen molar-refractivity contribution >= 4 is 11.8 Å². The smallest absolute Gasteiger partial charge is 0.0194 e. The summed E-state index contributed by atoms with van der Waals surface area (Å²) < 4.78 is 0. The Morgan fingerprint density at radius 2 is 1.71 bits per heavy atom. The van der Waals surface area contributed by atoms with Crippen LogP contribution < -0.4 is 5.32 Å². The highest BCUT2D eigenvalue weighted by molar-refractivity contribution is 7.98. The Balaban J connectivity index is 1.77. The zero-order valence-electron chi connectivity index (χ0n) is 11.6. The molecule has 4 rings (SSSR count). The molecule has 0 amide bonds. The number of hydrogen-bond acceptors (Lipinski definition) is 2. The Hall–Kier alpha value is 0.310. The maximum absolute atomic E-state index is 3.96. The Bertz CT molecular complexity index is 296. The number of nitrogens with one attached hydrogen (secondary N) is 1. The SMILES string of the molecule is CSCCNC12CC3CC(C)(CC(C)(C3)C1)C2. The first-order valence-corrected chi connectivity index (χ1v) is 8.60. The number of thioether (sulfide) groups is 1. The lowest BCUT2D eigenvalue weighted by atomic mass is 9.43. The first kappa shape index (κ1) is 12.3. The highest BCUT2D eigenvalue weighted by atomic mass is 32.2. The second-order valence-electron chi connectivity index (χ2n) is 7.83. The fourth-order valence-corrected chi connectivity index (χ4v) is 6.37. The van der Waals surface area contributed by atoms with Crippen molar-refractivity contribution < 1.29 is 0 Å². The van der Waals surface area contributed by atoms with Crippen LogP contribution in [0, 0.1) is 16.7 Å². The maximum atomic E-state index is 3.96. The average Bonchev–Trinajstić information content (AvgIpc) is 2.11. The summed E-state index contributed by atoms with van der Waals surface area (Å²) in [6.45, 7) is 6.32. The van der Waals surface area contributed by atoms with Gasteiger partial charge in [0.15, 0.2) is 0 Å². The van der Waals surface area contributed by atoms with E-state index in [1.54, 1.807) is 0 Å². The van der Waals surface area contributed by atoms with Crippen molar-refractivity contribution in [2.24, 2.45) is 16.7 Å². The topological polar surface area (TPSA) is 12.0 Å². The fraction of sp³-hybridized carbons (Fsp3) is 1.00. The van der Waals surface area contributed by atoms with Crippen LogP contribution in [0.1, 0.15) is 52.4 Å². The second-order valence-corrected chi connectivity index (χ2v) is 8.82. The molecule has 0 aromatic heterocycles. The summed E-state index contributed by atoms with van der Waals surface area (Å²) in [5.41, 5.74) is 1.82. The summed E-state index contributed by atoms with van der Waals surface area (Å²) in [5, 5.41) is 3.96. The Morgan fingerprint density at radius 1 is 1.06 bits per heavy atom. The molecule has 0 saturated heterocycles. The van der Waals surface area contributed by atoms with E-state index in [2.05, 4.69) is 25.4 Å². The van der Waals surface area contributed by atoms with Gasteiger partial charge in [-0.15, -0.1) is 0 Å². The normalized spacial score (nSPS) is 52.1. The fourth-order valence-electron chi connectivity index (χ4n) is 6.06. The van der Waals surface area contributed by atoms with Gasteiger partial charge in [0.05, 0.1) is 0 Å². The third-order valence-corrected chi connectivity index (χ3v) is 6.04. The van der Waals surface area contributed by atoms with E-state index in [0.29, 0.717) is 16.4 Å². The van der Waals surface area contributed by atoms with Crippen LogP contribution in [0.2, 0.25) is 0 Å². The molecule has 0 radical (unpaired) electrons. The van der Waals surface area contributed by atoms with Crippen molar-refractivity contribution in [2.45, 2.75) is 57.9 Å². The second kappa shape index (κ2) is 3.90. The highest BCUT2D eigenvalue weighted by Gasteiger charge is 2.59. The molecule has 4 saturated carbocycles. The van der Waals surface area contributed by atoms with Gasteiger partial charge in [-0.3, -0.25) is 0 Å². The molecule has 4 aliphatic rings. The van der Waals surface area contributed by atoms with Gasteiger partial charge in [-0.2, -0.15) is 11.8 Å². The van der Waals surface area contributed by atoms with Crippen molar-refractivity contribution in [3.8, 4) is 0 Å². The van der Waals surface area contributed by atoms with Gasteiger partial charge >= 0.3 is 0 Å². The molecule has 4 fully saturated rings. The maximum Gasteiger partial charge on any atom is 0.0194 e. The summed E-state index contributed by atoms with van der Waals surface area (Å²) in [6, 6.07) is 0. The monoisotopic (exact) mass is 253 g/mol. The summed E-state index contributed by atoms with van der Waals surface area (Å²) in [7, 11) is 0. The molecule has 98 valence electrons. The molecule has 0 aromatic rings. The van der Waals surface area contributed by atoms with E-state index in [1.165, 1.54) is 50.8 Å². The quantitative estimate of drug-likeness (QED) is 0.767. The van der Waals surface area contributed by atoms with Crippen molar-refractivity contribution in [3.05, 3.63) is 0 Å². The van der Waals surface area contributed by atoms with Crippen LogP contribution in [-0.4, -0.2) is 24.1 Å². The van der Waals surface area contributed by atoms with Crippen LogP contribution >= 0.6 is 11.8 Å². The minimum Gasteiger partial charge on any atom is -0.310 e. The first-order chi connectivity index (χ1) is 7.97. The largest absolute Gasteiger partial charge is 0.310 e. The molecule has 17 heavy (non-hydrogen) atoms. The van der Waals surface area contributed by atoms with Crippen LogP contribution in [-0.2, 0) is 0 Å². The average molecular weight is 253 g/mol. The zero-order chi connectivity index (χ0) is 12.1. The van der Waals surface area contributed by atoms with Crippen LogP contribution in [0.5, 0.6) is 0 Å². The molecule has 0 heterocycles. The van der Waals surface area contributed by atoms with Gasteiger partial charge in [0.25, 0.3) is 0 Å². The zero-order valence-corrected chi connectivity index (χ0v) is 12.5. The van der Waals surface area contributed by atoms with Crippen molar-refractivity contribution in [3.63, 3.8) is 0 Å². The van der Waals surface area contributed by atoms with E-state index in [-0.39, 0.29) is 0 Å². The highest BCUT2D eigenvalue weighted by Crippen LogP contribution is 2.66. The minimum absolute atomic E-state index is 0.513. The third-order valence-electron chi connectivity index (χ3n) is 5.43. The van der Waals surface area contributed by atoms with Gasteiger partial charge in [-0.05, 0) is 61.5 Å². The standard InChI is InChI=1S/C15H27NS/c1-13-6-12-7-14(2,9-13)11-15(8-12,10-13)16-4-5-17-3/h12,16H,4-11H2,1-3H3. The van der Waals surface area contributed by atoms with Gasteiger partial charge in [-0.1, -0.05) is 13.8 Å². The number of rotatable bonds is 4. The van der Waals surface area contributed by atoms with E-state index in [9.17, 15) is 0 Å². The van der Waals surface area contributed by atoms with E-state index >= 15 is 0 Å². The molecule has 1 nitrogen and oxygen atoms in total. The van der Waals surface area contributed by atoms with Crippen LogP contribution in [0.4, 0.5) is 0 Å². The molecule has 2 heteroatoms. The van der Waals surface area contributed by atoms with E-state index < -0.39 is 0 Å². The summed E-state index contributed by atoms with van der Waals surface area (Å²) in [6.07, 6.45) is 11.1. The molecule has 0 aliphatic heterocycles. The van der Waals surface area contributed by atoms with Gasteiger partial charge in [-0.25, -0.2) is 0 Å². The van der Waals surface area contributed by atoms with E-state index in [4.69, 9.17) is 0 Å². The molecule has 2 unspecified atom stereocenters. The molecule has 0 aromatic carbocycles. The van der Waals surface area contributed by atoms with E-state index in [1.807, 2.05) is 11.8 Å². The molecule has 2 atom stereocenters. The molecular weight excluding hydrogens is 226 g/mol. The summed E-state index contributed by atoms with van der Waals surface area (Å²) in [5.74, 6) is 2.28. The van der Waals surface area contributed by atoms with Crippen molar-refractivity contribution in [1.82, 2.24) is 5.32 Å². The van der Waals surface area contributed by atoms with Crippen molar-refractivity contribution in [2.75, 3.05) is 18.6 Å². The van der Waals surface area contributed by atoms with Crippen LogP contribution in [0.15, 0.2) is 0 Å². The van der Waals surface area contributed by atoms with Gasteiger partial charge < -0.3 is 5.32 Å². The predicted molar refractivity (Wildman–Crippen MR) is 76.5 cm³/mol. The van der Waals surface area contributed by atoms with Crippen LogP contribution in [0.25, 0.3) is 0 Å². The lowest BCUT2D eigenvalue weighted by Gasteiger charge is -2.65. The molecular formula is C15H27NS. The van der Waals surface area contributed by atoms with Gasteiger partial charge in [0, 0.05) is 17.8 Å². The molecule has 1 N–H and O–H groups in total. The van der Waals surface area contributed by atoms with Crippen molar-refractivity contribution in [1.29, 1.82) is 0 Å². The summed E-state index contributed by atoms with van der Waals surface area (Å²) in [4.78, 5) is 0. The molecule has 4 aliphatic carbocycles. The van der Waals surface area contributed by atoms with Crippen LogP contribution in [0.3, 0.4) is 0 Å². The van der Waals surface area contributed by atoms with Gasteiger partial charge in [0.1, 0.15) is 0 Å². The van der Waals surface area contributed by atoms with Gasteiger partial charge in [0.2, 0.25) is 0 Å². The lowest BCUT2D eigenvalue weighted by molar-refractivity contribution is -0.117. The molecule has 4 bridgehead atoms. The lowest BCUT2D eigenvalue weighted by Crippen LogP contribution is -2.64. The summed E-state index contributed by atoms with van der Waals surface area (Å²) >= 11 is 1.97.